The minimum Gasteiger partial charge on any atom is -0.356 e. The molecule has 2 saturated heterocycles. The number of hydrazine groups is 2. The Balaban J connectivity index is 1.35. The van der Waals surface area contributed by atoms with E-state index in [1.54, 1.807) is 0 Å². The molecule has 8 N–H and O–H groups in total. The zero-order valence-corrected chi connectivity index (χ0v) is 35.8. The fraction of sp³-hybridized carbons (Fsp3) is 0.905. The molecule has 0 aromatic rings. The van der Waals surface area contributed by atoms with Gasteiger partial charge < -0.3 is 21.3 Å². The van der Waals surface area contributed by atoms with Crippen LogP contribution in [0, 0.1) is 0 Å². The van der Waals surface area contributed by atoms with Crippen molar-refractivity contribution in [1.29, 1.82) is 0 Å². The van der Waals surface area contributed by atoms with E-state index in [4.69, 9.17) is 11.7 Å². The van der Waals surface area contributed by atoms with Crippen LogP contribution in [0.4, 0.5) is 0 Å². The third-order valence-corrected chi connectivity index (χ3v) is 11.0. The summed E-state index contributed by atoms with van der Waals surface area (Å²) < 4.78 is 0. The van der Waals surface area contributed by atoms with Crippen molar-refractivity contribution in [3.05, 3.63) is 0 Å². The van der Waals surface area contributed by atoms with Crippen molar-refractivity contribution in [3.63, 3.8) is 0 Å². The summed E-state index contributed by atoms with van der Waals surface area (Å²) in [7, 11) is 0. The summed E-state index contributed by atoms with van der Waals surface area (Å²) in [6.45, 7) is 18.7. The maximum Gasteiger partial charge on any atom is 0.236 e. The van der Waals surface area contributed by atoms with Crippen LogP contribution in [0.3, 0.4) is 0 Å². The lowest BCUT2D eigenvalue weighted by Gasteiger charge is -2.48. The fourth-order valence-corrected chi connectivity index (χ4v) is 9.02. The molecule has 12 heteroatoms. The standard InChI is InChI=1S/C42H82N8O4/c1-39(2)29-33(30-40(3,4)47-39)49(43)37(53)25-19-13-9-11-17-23-35(51)45-27-21-15-16-22-28-46-36(52)24-18-12-10-14-20-26-38(54)50(44)34-31-41(5,6)48-42(7,8)32-34/h33-34,47-48H,9-32,43-44H2,1-8H3,(H,45,51)(H,46,52). The number of hydrogen-bond donors (Lipinski definition) is 6. The highest BCUT2D eigenvalue weighted by atomic mass is 16.2. The van der Waals surface area contributed by atoms with Crippen LogP contribution in [0.25, 0.3) is 0 Å². The third kappa shape index (κ3) is 20.1. The van der Waals surface area contributed by atoms with Crippen LogP contribution in [0.2, 0.25) is 0 Å². The lowest BCUT2D eigenvalue weighted by atomic mass is 9.79. The van der Waals surface area contributed by atoms with Crippen LogP contribution < -0.4 is 33.0 Å². The van der Waals surface area contributed by atoms with Gasteiger partial charge in [-0.25, -0.2) is 11.7 Å². The molecule has 54 heavy (non-hydrogen) atoms. The SMILES string of the molecule is CC1(C)CC(N(N)C(=O)CCCCCCCC(=O)NCCCCCCNC(=O)CCCCCCCC(=O)N(N)C2CC(C)(C)NC(C)(C)C2)CC(C)(C)N1. The molecule has 314 valence electrons. The molecule has 0 spiro atoms. The Labute approximate surface area is 329 Å². The average Bonchev–Trinajstić information content (AvgIpc) is 3.04. The van der Waals surface area contributed by atoms with Crippen molar-refractivity contribution >= 4 is 23.6 Å². The van der Waals surface area contributed by atoms with Crippen LogP contribution in [0.15, 0.2) is 0 Å². The summed E-state index contributed by atoms with van der Waals surface area (Å²) in [4.78, 5) is 49.8. The number of unbranched alkanes of at least 4 members (excludes halogenated alkanes) is 11. The normalized spacial score (nSPS) is 19.2. The van der Waals surface area contributed by atoms with Crippen LogP contribution in [0.5, 0.6) is 0 Å². The summed E-state index contributed by atoms with van der Waals surface area (Å²) in [5.74, 6) is 12.8. The first kappa shape index (κ1) is 47.9. The predicted molar refractivity (Wildman–Crippen MR) is 220 cm³/mol. The Morgan fingerprint density at radius 2 is 0.722 bits per heavy atom. The van der Waals surface area contributed by atoms with E-state index in [1.165, 1.54) is 10.0 Å². The first-order valence-electron chi connectivity index (χ1n) is 21.5. The zero-order valence-electron chi connectivity index (χ0n) is 35.8. The molecule has 2 rings (SSSR count). The highest BCUT2D eigenvalue weighted by Gasteiger charge is 2.41. The number of hydrogen-bond acceptors (Lipinski definition) is 8. The quantitative estimate of drug-likeness (QED) is 0.0273. The lowest BCUT2D eigenvalue weighted by molar-refractivity contribution is -0.136. The predicted octanol–water partition coefficient (Wildman–Crippen LogP) is 6.26. The summed E-state index contributed by atoms with van der Waals surface area (Å²) in [6, 6.07) is 0.110. The Morgan fingerprint density at radius 1 is 0.463 bits per heavy atom. The van der Waals surface area contributed by atoms with Crippen molar-refractivity contribution in [2.75, 3.05) is 13.1 Å². The molecule has 4 amide bonds. The molecule has 2 aliphatic rings. The smallest absolute Gasteiger partial charge is 0.236 e. The number of nitrogens with zero attached hydrogens (tertiary/aromatic N) is 2. The molecule has 0 aliphatic carbocycles. The summed E-state index contributed by atoms with van der Waals surface area (Å²) in [5, 5.41) is 16.3. The van der Waals surface area contributed by atoms with Gasteiger partial charge in [0.1, 0.15) is 0 Å². The summed E-state index contributed by atoms with van der Waals surface area (Å²) in [5.41, 5.74) is -0.206. The van der Waals surface area contributed by atoms with Crippen LogP contribution in [-0.2, 0) is 19.2 Å². The molecule has 0 unspecified atom stereocenters. The number of nitrogens with one attached hydrogen (secondary N) is 4. The van der Waals surface area contributed by atoms with Crippen molar-refractivity contribution in [2.45, 2.75) is 231 Å². The van der Waals surface area contributed by atoms with Crippen molar-refractivity contribution in [3.8, 4) is 0 Å². The largest absolute Gasteiger partial charge is 0.356 e. The second-order valence-electron chi connectivity index (χ2n) is 19.2. The Bertz CT molecular complexity index is 1040. The van der Waals surface area contributed by atoms with Gasteiger partial charge in [0.05, 0.1) is 12.1 Å². The number of carbonyl (C=O) groups excluding carboxylic acids is 4. The van der Waals surface area contributed by atoms with Crippen LogP contribution >= 0.6 is 0 Å². The van der Waals surface area contributed by atoms with E-state index in [0.29, 0.717) is 38.8 Å². The third-order valence-electron chi connectivity index (χ3n) is 11.0. The van der Waals surface area contributed by atoms with Crippen molar-refractivity contribution in [1.82, 2.24) is 31.3 Å². The molecule has 0 radical (unpaired) electrons. The molecule has 2 heterocycles. The van der Waals surface area contributed by atoms with Gasteiger partial charge in [0.2, 0.25) is 23.6 Å². The fourth-order valence-electron chi connectivity index (χ4n) is 9.02. The van der Waals surface area contributed by atoms with Crippen LogP contribution in [0.1, 0.15) is 197 Å². The van der Waals surface area contributed by atoms with Gasteiger partial charge >= 0.3 is 0 Å². The van der Waals surface area contributed by atoms with Gasteiger partial charge in [-0.05, 0) is 120 Å². The lowest BCUT2D eigenvalue weighted by Crippen LogP contribution is -2.64. The minimum absolute atomic E-state index is 0.0273. The number of rotatable bonds is 25. The highest BCUT2D eigenvalue weighted by Crippen LogP contribution is 2.32. The minimum atomic E-state index is -0.0516. The second kappa shape index (κ2) is 23.1. The number of carbonyl (C=O) groups is 4. The van der Waals surface area contributed by atoms with Crippen molar-refractivity contribution in [2.24, 2.45) is 11.7 Å². The van der Waals surface area contributed by atoms with E-state index in [2.05, 4.69) is 76.7 Å². The number of amides is 4. The molecule has 0 aromatic carbocycles. The van der Waals surface area contributed by atoms with Gasteiger partial charge in [0, 0.05) is 60.9 Å². The average molecular weight is 763 g/mol. The topological polar surface area (TPSA) is 175 Å². The molecule has 0 saturated carbocycles. The van der Waals surface area contributed by atoms with E-state index in [0.717, 1.165) is 116 Å². The van der Waals surface area contributed by atoms with Gasteiger partial charge in [-0.3, -0.25) is 29.2 Å². The molecular weight excluding hydrogens is 681 g/mol. The van der Waals surface area contributed by atoms with E-state index < -0.39 is 0 Å². The maximum atomic E-state index is 12.7. The summed E-state index contributed by atoms with van der Waals surface area (Å²) >= 11 is 0. The molecule has 0 bridgehead atoms. The van der Waals surface area contributed by atoms with Gasteiger partial charge in [-0.1, -0.05) is 51.4 Å². The monoisotopic (exact) mass is 763 g/mol. The van der Waals surface area contributed by atoms with Crippen LogP contribution in [-0.4, -0.2) is 81.0 Å². The van der Waals surface area contributed by atoms with Gasteiger partial charge in [-0.2, -0.15) is 0 Å². The molecule has 12 nitrogen and oxygen atoms in total. The summed E-state index contributed by atoms with van der Waals surface area (Å²) in [6.07, 6.45) is 18.8. The number of nitrogens with two attached hydrogens (primary N) is 2. The van der Waals surface area contributed by atoms with E-state index >= 15 is 0 Å². The maximum absolute atomic E-state index is 12.7. The van der Waals surface area contributed by atoms with Crippen molar-refractivity contribution < 1.29 is 19.2 Å². The molecule has 2 fully saturated rings. The van der Waals surface area contributed by atoms with Gasteiger partial charge in [0.25, 0.3) is 0 Å². The van der Waals surface area contributed by atoms with E-state index in [-0.39, 0.29) is 57.9 Å². The molecule has 0 atom stereocenters. The zero-order chi connectivity index (χ0) is 40.4. The second-order valence-corrected chi connectivity index (χ2v) is 19.2. The Morgan fingerprint density at radius 3 is 1.04 bits per heavy atom. The number of piperidine rings is 2. The molecule has 0 aromatic heterocycles. The van der Waals surface area contributed by atoms with Gasteiger partial charge in [0.15, 0.2) is 0 Å². The first-order valence-corrected chi connectivity index (χ1v) is 21.5. The molecule has 2 aliphatic heterocycles. The van der Waals surface area contributed by atoms with E-state index in [9.17, 15) is 19.2 Å². The Kier molecular flexibility index (Phi) is 20.5. The highest BCUT2D eigenvalue weighted by molar-refractivity contribution is 5.77. The van der Waals surface area contributed by atoms with E-state index in [1.807, 2.05) is 0 Å². The van der Waals surface area contributed by atoms with Gasteiger partial charge in [-0.15, -0.1) is 0 Å². The first-order chi connectivity index (χ1) is 25.2. The molecular formula is C42H82N8O4. The Hall–Kier alpha value is -2.28.